The second kappa shape index (κ2) is 7.55. The predicted molar refractivity (Wildman–Crippen MR) is 100 cm³/mol. The van der Waals surface area contributed by atoms with E-state index in [9.17, 15) is 9.59 Å². The molecule has 1 aromatic rings. The van der Waals surface area contributed by atoms with Crippen LogP contribution in [-0.4, -0.2) is 16.7 Å². The predicted octanol–water partition coefficient (Wildman–Crippen LogP) is 4.85. The summed E-state index contributed by atoms with van der Waals surface area (Å²) in [5, 5.41) is 0. The second-order valence-electron chi connectivity index (χ2n) is 7.33. The van der Waals surface area contributed by atoms with Gasteiger partial charge in [-0.15, -0.1) is 0 Å². The van der Waals surface area contributed by atoms with Crippen molar-refractivity contribution in [2.24, 2.45) is 0 Å². The minimum atomic E-state index is -0.151. The molecule has 1 aliphatic carbocycles. The van der Waals surface area contributed by atoms with Gasteiger partial charge < -0.3 is 0 Å². The summed E-state index contributed by atoms with van der Waals surface area (Å²) >= 11 is 0. The molecule has 0 bridgehead atoms. The van der Waals surface area contributed by atoms with Crippen molar-refractivity contribution in [3.05, 3.63) is 46.5 Å². The lowest BCUT2D eigenvalue weighted by molar-refractivity contribution is -0.139. The highest BCUT2D eigenvalue weighted by Crippen LogP contribution is 2.49. The first kappa shape index (κ1) is 17.9. The zero-order valence-corrected chi connectivity index (χ0v) is 15.7. The number of aryl methyl sites for hydroxylation is 2. The quantitative estimate of drug-likeness (QED) is 0.666. The van der Waals surface area contributed by atoms with E-state index >= 15 is 0 Å². The summed E-state index contributed by atoms with van der Waals surface area (Å²) in [6.07, 6.45) is 10.3. The Morgan fingerprint density at radius 2 is 1.44 bits per heavy atom. The van der Waals surface area contributed by atoms with Gasteiger partial charge in [0.25, 0.3) is 11.8 Å². The first-order chi connectivity index (χ1) is 12.1. The van der Waals surface area contributed by atoms with Gasteiger partial charge in [0.2, 0.25) is 0 Å². The molecule has 25 heavy (non-hydrogen) atoms. The number of rotatable bonds is 7. The van der Waals surface area contributed by atoms with Crippen LogP contribution >= 0.6 is 0 Å². The molecule has 1 aliphatic heterocycles. The lowest BCUT2D eigenvalue weighted by Crippen LogP contribution is -2.33. The van der Waals surface area contributed by atoms with Gasteiger partial charge in [-0.05, 0) is 53.9 Å². The van der Waals surface area contributed by atoms with Crippen LogP contribution in [0, 0.1) is 0 Å². The van der Waals surface area contributed by atoms with Gasteiger partial charge >= 0.3 is 0 Å². The zero-order chi connectivity index (χ0) is 18.0. The third kappa shape index (κ3) is 3.17. The molecule has 0 unspecified atom stereocenters. The number of fused-ring (bicyclic) bond motifs is 1. The van der Waals surface area contributed by atoms with Crippen LogP contribution in [0.15, 0.2) is 24.3 Å². The van der Waals surface area contributed by atoms with E-state index in [0.29, 0.717) is 5.92 Å². The van der Waals surface area contributed by atoms with Gasteiger partial charge in [-0.3, -0.25) is 14.5 Å². The summed E-state index contributed by atoms with van der Waals surface area (Å²) in [5.74, 6) is 0.160. The van der Waals surface area contributed by atoms with Crippen LogP contribution in [0.2, 0.25) is 0 Å². The van der Waals surface area contributed by atoms with Crippen LogP contribution < -0.4 is 0 Å². The second-order valence-corrected chi connectivity index (χ2v) is 7.33. The van der Waals surface area contributed by atoms with Crippen molar-refractivity contribution >= 4 is 11.8 Å². The van der Waals surface area contributed by atoms with Crippen molar-refractivity contribution in [2.45, 2.75) is 77.7 Å². The van der Waals surface area contributed by atoms with E-state index < -0.39 is 0 Å². The SMILES string of the molecule is CCCc1ccc(CCC)c2c1[C@@H](CCC)C[C@@H]2N1C(=O)C=CC1=O. The monoisotopic (exact) mass is 339 g/mol. The molecule has 0 N–H and O–H groups in total. The van der Waals surface area contributed by atoms with Crippen molar-refractivity contribution in [2.75, 3.05) is 0 Å². The highest BCUT2D eigenvalue weighted by atomic mass is 16.2. The number of amides is 2. The summed E-state index contributed by atoms with van der Waals surface area (Å²) in [4.78, 5) is 26.2. The van der Waals surface area contributed by atoms with Crippen molar-refractivity contribution < 1.29 is 9.59 Å². The van der Waals surface area contributed by atoms with Gasteiger partial charge in [-0.1, -0.05) is 52.2 Å². The topological polar surface area (TPSA) is 37.4 Å². The summed E-state index contributed by atoms with van der Waals surface area (Å²) in [5.41, 5.74) is 5.49. The standard InChI is InChI=1S/C22H29NO2/c1-4-7-15-10-11-16(8-5-2)22-18(14-17(9-6-3)21(15)22)23-19(24)12-13-20(23)25/h10-13,17-18H,4-9,14H2,1-3H3/t17-,18-/m0/s1. The molecule has 2 atom stereocenters. The molecule has 2 amide bonds. The molecule has 0 radical (unpaired) electrons. The Kier molecular flexibility index (Phi) is 5.41. The molecule has 2 aliphatic rings. The van der Waals surface area contributed by atoms with E-state index in [1.807, 2.05) is 0 Å². The third-order valence-corrected chi connectivity index (χ3v) is 5.55. The van der Waals surface area contributed by atoms with E-state index in [1.54, 1.807) is 0 Å². The fourth-order valence-corrected chi connectivity index (χ4v) is 4.65. The van der Waals surface area contributed by atoms with E-state index in [0.717, 1.165) is 44.9 Å². The van der Waals surface area contributed by atoms with Crippen molar-refractivity contribution in [1.82, 2.24) is 4.90 Å². The Hall–Kier alpha value is -1.90. The van der Waals surface area contributed by atoms with Gasteiger partial charge in [0, 0.05) is 12.2 Å². The molecule has 0 saturated carbocycles. The van der Waals surface area contributed by atoms with Crippen LogP contribution in [0.25, 0.3) is 0 Å². The average Bonchev–Trinajstić information content (AvgIpc) is 3.11. The maximum absolute atomic E-state index is 12.3. The summed E-state index contributed by atoms with van der Waals surface area (Å²) in [6.45, 7) is 6.62. The number of nitrogens with zero attached hydrogens (tertiary/aromatic N) is 1. The molecule has 1 heterocycles. The number of carbonyl (C=O) groups excluding carboxylic acids is 2. The molecule has 134 valence electrons. The van der Waals surface area contributed by atoms with E-state index in [2.05, 4.69) is 32.9 Å². The van der Waals surface area contributed by atoms with Gasteiger partial charge in [0.1, 0.15) is 0 Å². The fraction of sp³-hybridized carbons (Fsp3) is 0.545. The molecule has 3 rings (SSSR count). The van der Waals surface area contributed by atoms with Crippen LogP contribution in [0.4, 0.5) is 0 Å². The third-order valence-electron chi connectivity index (χ3n) is 5.55. The van der Waals surface area contributed by atoms with Crippen LogP contribution in [-0.2, 0) is 22.4 Å². The van der Waals surface area contributed by atoms with Crippen molar-refractivity contribution in [1.29, 1.82) is 0 Å². The number of hydrogen-bond donors (Lipinski definition) is 0. The highest BCUT2D eigenvalue weighted by Gasteiger charge is 2.41. The Morgan fingerprint density at radius 1 is 0.880 bits per heavy atom. The lowest BCUT2D eigenvalue weighted by Gasteiger charge is -2.25. The van der Waals surface area contributed by atoms with Gasteiger partial charge in [-0.25, -0.2) is 0 Å². The molecule has 3 heteroatoms. The Morgan fingerprint density at radius 3 is 1.96 bits per heavy atom. The zero-order valence-electron chi connectivity index (χ0n) is 15.7. The maximum atomic E-state index is 12.3. The molecular weight excluding hydrogens is 310 g/mol. The minimum absolute atomic E-state index is 0.0834. The van der Waals surface area contributed by atoms with Gasteiger partial charge in [0.05, 0.1) is 6.04 Å². The van der Waals surface area contributed by atoms with Crippen molar-refractivity contribution in [3.63, 3.8) is 0 Å². The molecule has 1 aromatic carbocycles. The van der Waals surface area contributed by atoms with Crippen LogP contribution in [0.5, 0.6) is 0 Å². The highest BCUT2D eigenvalue weighted by molar-refractivity contribution is 6.13. The molecular formula is C22H29NO2. The normalized spacial score (nSPS) is 22.1. The Balaban J connectivity index is 2.12. The first-order valence-electron chi connectivity index (χ1n) is 9.82. The summed E-state index contributed by atoms with van der Waals surface area (Å²) in [6, 6.07) is 4.46. The minimum Gasteiger partial charge on any atom is -0.269 e. The van der Waals surface area contributed by atoms with E-state index in [-0.39, 0.29) is 17.9 Å². The van der Waals surface area contributed by atoms with Crippen molar-refractivity contribution in [3.8, 4) is 0 Å². The fourth-order valence-electron chi connectivity index (χ4n) is 4.65. The summed E-state index contributed by atoms with van der Waals surface area (Å²) in [7, 11) is 0. The molecule has 0 fully saturated rings. The smallest absolute Gasteiger partial charge is 0.254 e. The molecule has 0 saturated heterocycles. The molecule has 3 nitrogen and oxygen atoms in total. The maximum Gasteiger partial charge on any atom is 0.254 e. The number of hydrogen-bond acceptors (Lipinski definition) is 2. The van der Waals surface area contributed by atoms with E-state index in [1.165, 1.54) is 39.3 Å². The largest absolute Gasteiger partial charge is 0.269 e. The van der Waals surface area contributed by atoms with Gasteiger partial charge in [0.15, 0.2) is 0 Å². The van der Waals surface area contributed by atoms with E-state index in [4.69, 9.17) is 0 Å². The lowest BCUT2D eigenvalue weighted by atomic mass is 9.88. The number of carbonyl (C=O) groups is 2. The van der Waals surface area contributed by atoms with Gasteiger partial charge in [-0.2, -0.15) is 0 Å². The summed E-state index contributed by atoms with van der Waals surface area (Å²) < 4.78 is 0. The molecule has 0 spiro atoms. The van der Waals surface area contributed by atoms with Crippen LogP contribution in [0.3, 0.4) is 0 Å². The Bertz CT molecular complexity index is 686. The first-order valence-corrected chi connectivity index (χ1v) is 9.82. The Labute approximate surface area is 151 Å². The number of imide groups is 1. The van der Waals surface area contributed by atoms with Crippen LogP contribution in [0.1, 0.15) is 87.1 Å². The molecule has 0 aromatic heterocycles. The average molecular weight is 339 g/mol. The number of benzene rings is 1.